The molecule has 0 aromatic heterocycles. The molecular formula is C23H36NO8P. The topological polar surface area (TPSA) is 93.7 Å². The lowest BCUT2D eigenvalue weighted by molar-refractivity contribution is -0.236. The van der Waals surface area contributed by atoms with Crippen molar-refractivity contribution in [2.45, 2.75) is 96.2 Å². The third-order valence-corrected chi connectivity index (χ3v) is 8.21. The number of ether oxygens (including phenoxy) is 5. The summed E-state index contributed by atoms with van der Waals surface area (Å²) in [4.78, 5) is 0. The Kier molecular flexibility index (Phi) is 7.37. The van der Waals surface area contributed by atoms with Crippen molar-refractivity contribution >= 4 is 7.60 Å². The second kappa shape index (κ2) is 9.64. The molecule has 1 aromatic carbocycles. The molecular weight excluding hydrogens is 449 g/mol. The van der Waals surface area contributed by atoms with E-state index in [0.29, 0.717) is 6.54 Å². The second-order valence-corrected chi connectivity index (χ2v) is 11.5. The normalized spacial score (nSPS) is 33.5. The van der Waals surface area contributed by atoms with Crippen LogP contribution >= 0.6 is 7.60 Å². The van der Waals surface area contributed by atoms with Crippen LogP contribution in [0.15, 0.2) is 30.3 Å². The van der Waals surface area contributed by atoms with Crippen molar-refractivity contribution in [3.63, 3.8) is 0 Å². The molecule has 0 saturated carbocycles. The maximum atomic E-state index is 14.0. The van der Waals surface area contributed by atoms with Crippen LogP contribution < -0.4 is 5.32 Å². The fraction of sp³-hybridized carbons (Fsp3) is 0.739. The molecule has 0 spiro atoms. The lowest BCUT2D eigenvalue weighted by Crippen LogP contribution is -2.61. The highest BCUT2D eigenvalue weighted by atomic mass is 31.2. The van der Waals surface area contributed by atoms with E-state index in [0.717, 1.165) is 5.56 Å². The van der Waals surface area contributed by atoms with Crippen molar-refractivity contribution in [1.82, 2.24) is 5.32 Å². The first-order valence-corrected chi connectivity index (χ1v) is 13.2. The zero-order valence-corrected chi connectivity index (χ0v) is 21.1. The van der Waals surface area contributed by atoms with Gasteiger partial charge in [-0.15, -0.1) is 0 Å². The van der Waals surface area contributed by atoms with E-state index in [1.165, 1.54) is 0 Å². The average molecular weight is 486 g/mol. The Balaban J connectivity index is 1.68. The number of hydrogen-bond acceptors (Lipinski definition) is 9. The highest BCUT2D eigenvalue weighted by Gasteiger charge is 2.63. The maximum absolute atomic E-state index is 14.0. The first-order valence-electron chi connectivity index (χ1n) is 11.6. The smallest absolute Gasteiger partial charge is 0.342 e. The lowest BCUT2D eigenvalue weighted by atomic mass is 9.98. The van der Waals surface area contributed by atoms with Crippen LogP contribution in [0.3, 0.4) is 0 Å². The van der Waals surface area contributed by atoms with Crippen LogP contribution in [0, 0.1) is 0 Å². The third-order valence-electron chi connectivity index (χ3n) is 5.82. The molecule has 33 heavy (non-hydrogen) atoms. The Hall–Kier alpha value is -0.870. The van der Waals surface area contributed by atoms with Gasteiger partial charge in [-0.2, -0.15) is 0 Å². The predicted molar refractivity (Wildman–Crippen MR) is 120 cm³/mol. The van der Waals surface area contributed by atoms with Crippen molar-refractivity contribution in [3.8, 4) is 0 Å². The molecule has 10 heteroatoms. The van der Waals surface area contributed by atoms with Crippen LogP contribution in [0.2, 0.25) is 0 Å². The van der Waals surface area contributed by atoms with Crippen molar-refractivity contribution < 1.29 is 37.3 Å². The first-order chi connectivity index (χ1) is 15.6. The van der Waals surface area contributed by atoms with Gasteiger partial charge in [-0.1, -0.05) is 30.3 Å². The molecule has 0 bridgehead atoms. The van der Waals surface area contributed by atoms with Gasteiger partial charge < -0.3 is 32.7 Å². The van der Waals surface area contributed by atoms with E-state index in [2.05, 4.69) is 5.32 Å². The third kappa shape index (κ3) is 5.37. The summed E-state index contributed by atoms with van der Waals surface area (Å²) >= 11 is 0. The Morgan fingerprint density at radius 1 is 0.909 bits per heavy atom. The van der Waals surface area contributed by atoms with Gasteiger partial charge in [0.2, 0.25) is 0 Å². The van der Waals surface area contributed by atoms with Crippen molar-refractivity contribution in [2.75, 3.05) is 13.2 Å². The standard InChI is InChI=1S/C23H36NO8P/c1-7-26-33(25,27-8-2)20(24-14-15-12-10-9-11-13-15)18-16-17(30-22(3,4)29-16)19-21(28-18)32-23(5,6)31-19/h9-13,16-21,24H,7-8,14H2,1-6H3/t16-,17+,18+,19-,20-,21-/m1/s1. The van der Waals surface area contributed by atoms with Crippen LogP contribution in [0.25, 0.3) is 0 Å². The molecule has 6 atom stereocenters. The predicted octanol–water partition coefficient (Wildman–Crippen LogP) is 3.76. The number of rotatable bonds is 9. The molecule has 186 valence electrons. The van der Waals surface area contributed by atoms with Crippen LogP contribution in [0.5, 0.6) is 0 Å². The lowest BCUT2D eigenvalue weighted by Gasteiger charge is -2.42. The van der Waals surface area contributed by atoms with Crippen LogP contribution in [-0.2, 0) is 43.8 Å². The minimum atomic E-state index is -3.66. The molecule has 1 aromatic rings. The van der Waals surface area contributed by atoms with Crippen LogP contribution in [-0.4, -0.2) is 61.3 Å². The summed E-state index contributed by atoms with van der Waals surface area (Å²) in [5, 5.41) is 3.39. The van der Waals surface area contributed by atoms with E-state index in [1.807, 2.05) is 58.0 Å². The van der Waals surface area contributed by atoms with E-state index in [4.69, 9.17) is 32.7 Å². The molecule has 3 aliphatic heterocycles. The summed E-state index contributed by atoms with van der Waals surface area (Å²) in [5.74, 6) is -2.54. The SMILES string of the molecule is CCOP(=O)(OCC)[C@@H](NCc1ccccc1)[C@H]1O[C@@H]2OC(C)(C)O[C@@H]2[C@H]2OC(C)(C)O[C@H]21. The summed E-state index contributed by atoms with van der Waals surface area (Å²) in [5.41, 5.74) is 1.03. The fourth-order valence-electron chi connectivity index (χ4n) is 4.68. The van der Waals surface area contributed by atoms with Gasteiger partial charge in [-0.3, -0.25) is 9.88 Å². The van der Waals surface area contributed by atoms with Gasteiger partial charge >= 0.3 is 7.60 Å². The number of benzene rings is 1. The molecule has 3 heterocycles. The molecule has 0 aliphatic carbocycles. The second-order valence-electron chi connectivity index (χ2n) is 9.32. The summed E-state index contributed by atoms with van der Waals surface area (Å²) < 4.78 is 56.6. The summed E-state index contributed by atoms with van der Waals surface area (Å²) in [6, 6.07) is 9.84. The minimum absolute atomic E-state index is 0.225. The molecule has 1 N–H and O–H groups in total. The highest BCUT2D eigenvalue weighted by Crippen LogP contribution is 2.57. The van der Waals surface area contributed by atoms with Gasteiger partial charge in [-0.05, 0) is 47.1 Å². The van der Waals surface area contributed by atoms with E-state index >= 15 is 0 Å². The molecule has 0 radical (unpaired) electrons. The molecule has 0 unspecified atom stereocenters. The van der Waals surface area contributed by atoms with Crippen molar-refractivity contribution in [2.24, 2.45) is 0 Å². The van der Waals surface area contributed by atoms with Crippen LogP contribution in [0.1, 0.15) is 47.1 Å². The van der Waals surface area contributed by atoms with Crippen LogP contribution in [0.4, 0.5) is 0 Å². The number of nitrogens with one attached hydrogen (secondary N) is 1. The van der Waals surface area contributed by atoms with E-state index in [9.17, 15) is 4.57 Å². The van der Waals surface area contributed by atoms with Gasteiger partial charge in [0.05, 0.1) is 13.2 Å². The quantitative estimate of drug-likeness (QED) is 0.525. The zero-order valence-electron chi connectivity index (χ0n) is 20.2. The molecule has 3 fully saturated rings. The monoisotopic (exact) mass is 485 g/mol. The fourth-order valence-corrected chi connectivity index (χ4v) is 6.71. The highest BCUT2D eigenvalue weighted by molar-refractivity contribution is 7.54. The summed E-state index contributed by atoms with van der Waals surface area (Å²) in [6.45, 7) is 11.8. The van der Waals surface area contributed by atoms with Gasteiger partial charge in [0.15, 0.2) is 17.9 Å². The van der Waals surface area contributed by atoms with E-state index < -0.39 is 55.7 Å². The Morgan fingerprint density at radius 2 is 1.48 bits per heavy atom. The van der Waals surface area contributed by atoms with E-state index in [1.54, 1.807) is 13.8 Å². The first kappa shape index (κ1) is 25.2. The average Bonchev–Trinajstić information content (AvgIpc) is 3.23. The van der Waals surface area contributed by atoms with Gasteiger partial charge in [0, 0.05) is 6.54 Å². The Bertz CT molecular complexity index is 840. The zero-order chi connectivity index (χ0) is 23.9. The molecule has 9 nitrogen and oxygen atoms in total. The molecule has 0 amide bonds. The number of hydrogen-bond donors (Lipinski definition) is 1. The van der Waals surface area contributed by atoms with Crippen molar-refractivity contribution in [3.05, 3.63) is 35.9 Å². The molecule has 4 rings (SSSR count). The maximum Gasteiger partial charge on any atom is 0.350 e. The minimum Gasteiger partial charge on any atom is -0.342 e. The number of fused-ring (bicyclic) bond motifs is 3. The van der Waals surface area contributed by atoms with Gasteiger partial charge in [0.1, 0.15) is 30.2 Å². The summed E-state index contributed by atoms with van der Waals surface area (Å²) in [6.07, 6.45) is -2.95. The summed E-state index contributed by atoms with van der Waals surface area (Å²) in [7, 11) is -3.66. The van der Waals surface area contributed by atoms with E-state index in [-0.39, 0.29) is 13.2 Å². The molecule has 3 aliphatic rings. The van der Waals surface area contributed by atoms with Gasteiger partial charge in [-0.25, -0.2) is 0 Å². The Morgan fingerprint density at radius 3 is 2.12 bits per heavy atom. The van der Waals surface area contributed by atoms with Crippen molar-refractivity contribution in [1.29, 1.82) is 0 Å². The Labute approximate surface area is 195 Å². The molecule has 3 saturated heterocycles. The largest absolute Gasteiger partial charge is 0.350 e. The van der Waals surface area contributed by atoms with Gasteiger partial charge in [0.25, 0.3) is 0 Å².